The molecule has 0 aliphatic carbocycles. The van der Waals surface area contributed by atoms with Crippen molar-refractivity contribution in [3.8, 4) is 5.75 Å². The summed E-state index contributed by atoms with van der Waals surface area (Å²) in [5.41, 5.74) is 6.61. The second-order valence-electron chi connectivity index (χ2n) is 10.3. The van der Waals surface area contributed by atoms with Gasteiger partial charge in [0, 0.05) is 26.2 Å². The van der Waals surface area contributed by atoms with Gasteiger partial charge in [0.25, 0.3) is 5.56 Å². The van der Waals surface area contributed by atoms with E-state index >= 15 is 0 Å². The van der Waals surface area contributed by atoms with Crippen molar-refractivity contribution in [1.29, 1.82) is 0 Å². The van der Waals surface area contributed by atoms with Gasteiger partial charge in [-0.05, 0) is 53.9 Å². The van der Waals surface area contributed by atoms with Crippen molar-refractivity contribution in [3.05, 3.63) is 76.6 Å². The van der Waals surface area contributed by atoms with Crippen LogP contribution in [0.1, 0.15) is 24.2 Å². The van der Waals surface area contributed by atoms with Crippen molar-refractivity contribution in [2.45, 2.75) is 36.4 Å². The highest BCUT2D eigenvalue weighted by Gasteiger charge is 2.33. The van der Waals surface area contributed by atoms with Crippen LogP contribution in [0.4, 0.5) is 0 Å². The molecule has 1 aromatic heterocycles. The summed E-state index contributed by atoms with van der Waals surface area (Å²) in [5.74, 6) is 0.525. The van der Waals surface area contributed by atoms with E-state index in [0.29, 0.717) is 80.9 Å². The fourth-order valence-corrected chi connectivity index (χ4v) is 6.34. The summed E-state index contributed by atoms with van der Waals surface area (Å²) in [7, 11) is 0. The molecule has 4 aromatic rings. The molecule has 0 bridgehead atoms. The molecule has 2 heterocycles. The predicted molar refractivity (Wildman–Crippen MR) is 168 cm³/mol. The molecule has 0 saturated carbocycles. The van der Waals surface area contributed by atoms with Crippen LogP contribution in [-0.4, -0.2) is 84.2 Å². The van der Waals surface area contributed by atoms with Crippen molar-refractivity contribution in [2.24, 2.45) is 5.73 Å². The smallest absolute Gasteiger partial charge is 0.262 e. The summed E-state index contributed by atoms with van der Waals surface area (Å²) in [4.78, 5) is 34.0. The van der Waals surface area contributed by atoms with Gasteiger partial charge in [-0.3, -0.25) is 14.2 Å². The van der Waals surface area contributed by atoms with Crippen LogP contribution in [0.25, 0.3) is 21.7 Å². The van der Waals surface area contributed by atoms with E-state index in [1.54, 1.807) is 9.47 Å². The molecule has 1 amide bonds. The summed E-state index contributed by atoms with van der Waals surface area (Å²) in [5, 5.41) is 12.4. The Hall–Kier alpha value is -3.48. The number of carbonyl (C=O) groups excluding carboxylic acids is 1. The summed E-state index contributed by atoms with van der Waals surface area (Å²) in [6.07, 6.45) is -0.00124. The first-order chi connectivity index (χ1) is 21.0. The first-order valence-electron chi connectivity index (χ1n) is 14.6. The minimum absolute atomic E-state index is 0.129. The van der Waals surface area contributed by atoms with Gasteiger partial charge in [-0.15, -0.1) is 0 Å². The van der Waals surface area contributed by atoms with E-state index in [4.69, 9.17) is 24.9 Å². The molecular weight excluding hydrogens is 568 g/mol. The minimum Gasteiger partial charge on any atom is -0.491 e. The van der Waals surface area contributed by atoms with E-state index in [-0.39, 0.29) is 18.0 Å². The van der Waals surface area contributed by atoms with Crippen LogP contribution in [0.2, 0.25) is 0 Å². The van der Waals surface area contributed by atoms with Gasteiger partial charge < -0.3 is 30.0 Å². The number of likely N-dealkylation sites (tertiary alicyclic amines) is 1. The second kappa shape index (κ2) is 14.8. The van der Waals surface area contributed by atoms with Crippen LogP contribution in [0.5, 0.6) is 5.75 Å². The lowest BCUT2D eigenvalue weighted by atomic mass is 10.1. The number of nitrogens with zero attached hydrogens (tertiary/aromatic N) is 3. The molecule has 0 radical (unpaired) electrons. The number of β-amino-alcohol motifs (C(OH)–C–C–N with tert-alkyl or cyclic N) is 1. The van der Waals surface area contributed by atoms with Crippen LogP contribution in [-0.2, 0) is 20.8 Å². The van der Waals surface area contributed by atoms with Crippen LogP contribution in [0, 0.1) is 0 Å². The zero-order chi connectivity index (χ0) is 30.2. The molecule has 1 saturated heterocycles. The number of aliphatic hydroxyl groups is 1. The Labute approximate surface area is 254 Å². The van der Waals surface area contributed by atoms with E-state index in [1.807, 2.05) is 67.6 Å². The van der Waals surface area contributed by atoms with Crippen molar-refractivity contribution in [2.75, 3.05) is 52.7 Å². The van der Waals surface area contributed by atoms with E-state index in [2.05, 4.69) is 0 Å². The van der Waals surface area contributed by atoms with Gasteiger partial charge >= 0.3 is 0 Å². The number of hydrogen-bond acceptors (Lipinski definition) is 9. The minimum atomic E-state index is -0.668. The van der Waals surface area contributed by atoms with E-state index in [0.717, 1.165) is 16.3 Å². The largest absolute Gasteiger partial charge is 0.491 e. The highest BCUT2D eigenvalue weighted by molar-refractivity contribution is 8.00. The molecular formula is C32H38N4O6S. The SMILES string of the molecule is CCn1c(SC(C(=O)N2CC[C@H](O)C2)c2ccc(OCCOCCOCCN)cc2)nc2cc3ccccc3cc2c1=O. The summed E-state index contributed by atoms with van der Waals surface area (Å²) < 4.78 is 18.2. The van der Waals surface area contributed by atoms with Crippen LogP contribution < -0.4 is 16.0 Å². The molecule has 3 N–H and O–H groups in total. The fraction of sp³-hybridized carbons (Fsp3) is 0.406. The fourth-order valence-electron chi connectivity index (χ4n) is 5.09. The Morgan fingerprint density at radius 1 is 1.05 bits per heavy atom. The van der Waals surface area contributed by atoms with Crippen LogP contribution in [0.3, 0.4) is 0 Å². The lowest BCUT2D eigenvalue weighted by Crippen LogP contribution is -2.33. The molecule has 1 unspecified atom stereocenters. The van der Waals surface area contributed by atoms with E-state index in [9.17, 15) is 14.7 Å². The predicted octanol–water partition coefficient (Wildman–Crippen LogP) is 3.37. The van der Waals surface area contributed by atoms with Crippen molar-refractivity contribution in [1.82, 2.24) is 14.5 Å². The van der Waals surface area contributed by atoms with Gasteiger partial charge in [0.2, 0.25) is 5.91 Å². The molecule has 10 nitrogen and oxygen atoms in total. The molecule has 5 rings (SSSR count). The third kappa shape index (κ3) is 7.54. The van der Waals surface area contributed by atoms with Gasteiger partial charge in [-0.2, -0.15) is 0 Å². The highest BCUT2D eigenvalue weighted by atomic mass is 32.2. The van der Waals surface area contributed by atoms with E-state index < -0.39 is 11.4 Å². The number of aromatic nitrogens is 2. The lowest BCUT2D eigenvalue weighted by Gasteiger charge is -2.24. The van der Waals surface area contributed by atoms with Gasteiger partial charge in [0.05, 0.1) is 43.4 Å². The molecule has 1 fully saturated rings. The molecule has 43 heavy (non-hydrogen) atoms. The van der Waals surface area contributed by atoms with Crippen molar-refractivity contribution in [3.63, 3.8) is 0 Å². The third-order valence-corrected chi connectivity index (χ3v) is 8.57. The lowest BCUT2D eigenvalue weighted by molar-refractivity contribution is -0.130. The quantitative estimate of drug-likeness (QED) is 0.0961. The second-order valence-corrected chi connectivity index (χ2v) is 11.4. The zero-order valence-corrected chi connectivity index (χ0v) is 25.1. The normalized spacial score (nSPS) is 15.8. The first kappa shape index (κ1) is 31.0. The number of aliphatic hydroxyl groups excluding tert-OH is 1. The Morgan fingerprint density at radius 2 is 1.74 bits per heavy atom. The van der Waals surface area contributed by atoms with Crippen molar-refractivity contribution < 1.29 is 24.1 Å². The first-order valence-corrected chi connectivity index (χ1v) is 15.5. The average Bonchev–Trinajstić information content (AvgIpc) is 3.47. The summed E-state index contributed by atoms with van der Waals surface area (Å²) >= 11 is 1.26. The number of fused-ring (bicyclic) bond motifs is 2. The van der Waals surface area contributed by atoms with Gasteiger partial charge in [-0.25, -0.2) is 4.98 Å². The average molecular weight is 607 g/mol. The molecule has 0 spiro atoms. The molecule has 1 aliphatic rings. The van der Waals surface area contributed by atoms with Gasteiger partial charge in [-0.1, -0.05) is 48.2 Å². The Bertz CT molecular complexity index is 1600. The summed E-state index contributed by atoms with van der Waals surface area (Å²) in [6.45, 7) is 5.81. The maximum atomic E-state index is 13.9. The van der Waals surface area contributed by atoms with Crippen molar-refractivity contribution >= 4 is 39.3 Å². The molecule has 11 heteroatoms. The molecule has 228 valence electrons. The number of amides is 1. The maximum Gasteiger partial charge on any atom is 0.262 e. The number of carbonyl (C=O) groups is 1. The Kier molecular flexibility index (Phi) is 10.7. The number of rotatable bonds is 14. The topological polar surface area (TPSA) is 129 Å². The van der Waals surface area contributed by atoms with E-state index in [1.165, 1.54) is 11.8 Å². The summed E-state index contributed by atoms with van der Waals surface area (Å²) in [6, 6.07) is 19.1. The number of ether oxygens (including phenoxy) is 3. The number of benzene rings is 3. The number of thioether (sulfide) groups is 1. The maximum absolute atomic E-state index is 13.9. The zero-order valence-electron chi connectivity index (χ0n) is 24.3. The Morgan fingerprint density at radius 3 is 2.42 bits per heavy atom. The standard InChI is InChI=1S/C32H38N4O6S/c1-2-36-30(38)27-19-23-5-3-4-6-24(23)20-28(27)34-32(36)43-29(31(39)35-13-11-25(37)21-35)22-7-9-26(10-8-22)42-18-17-41-16-15-40-14-12-33/h3-10,19-20,25,29,37H,2,11-18,21,33H2,1H3/t25-,29?/m0/s1. The molecule has 1 aliphatic heterocycles. The Balaban J connectivity index is 1.37. The molecule has 2 atom stereocenters. The van der Waals surface area contributed by atoms with Crippen LogP contribution in [0.15, 0.2) is 70.6 Å². The van der Waals surface area contributed by atoms with Crippen LogP contribution >= 0.6 is 11.8 Å². The van der Waals surface area contributed by atoms with Gasteiger partial charge in [0.15, 0.2) is 5.16 Å². The monoisotopic (exact) mass is 606 g/mol. The number of hydrogen-bond donors (Lipinski definition) is 2. The third-order valence-electron chi connectivity index (χ3n) is 7.34. The number of nitrogens with two attached hydrogens (primary N) is 1. The highest BCUT2D eigenvalue weighted by Crippen LogP contribution is 2.38. The van der Waals surface area contributed by atoms with Gasteiger partial charge in [0.1, 0.15) is 17.6 Å². The molecule has 3 aromatic carbocycles.